The van der Waals surface area contributed by atoms with Gasteiger partial charge in [0.15, 0.2) is 0 Å². The average molecular weight is 802 g/mol. The molecule has 2 aromatic carbocycles. The van der Waals surface area contributed by atoms with E-state index < -0.39 is 0 Å². The Bertz CT molecular complexity index is 1560. The van der Waals surface area contributed by atoms with Crippen molar-refractivity contribution < 1.29 is 38.1 Å². The van der Waals surface area contributed by atoms with Crippen molar-refractivity contribution in [2.75, 3.05) is 80.0 Å². The van der Waals surface area contributed by atoms with Gasteiger partial charge in [0, 0.05) is 63.5 Å². The van der Waals surface area contributed by atoms with Gasteiger partial charge in [-0.15, -0.1) is 0 Å². The zero-order valence-corrected chi connectivity index (χ0v) is 34.5. The number of hydrazine groups is 1. The number of nitrogens with two attached hydrogens (primary N) is 2. The lowest BCUT2D eigenvalue weighted by Crippen LogP contribution is -2.30. The summed E-state index contributed by atoms with van der Waals surface area (Å²) in [7, 11) is 5.64. The number of Topliss-reactive ketones (excluding diaryl/α,β-unsaturated/α-hetero) is 1. The van der Waals surface area contributed by atoms with Crippen LogP contribution in [-0.2, 0) is 44.5 Å². The number of unbranched alkanes of at least 4 members (excludes halogenated alkanes) is 2. The number of rotatable bonds is 27. The van der Waals surface area contributed by atoms with Gasteiger partial charge >= 0.3 is 0 Å². The first-order valence-electron chi connectivity index (χ1n) is 19.0. The Kier molecular flexibility index (Phi) is 21.5. The first-order valence-corrected chi connectivity index (χ1v) is 20.0. The summed E-state index contributed by atoms with van der Waals surface area (Å²) in [6, 6.07) is 15.6. The van der Waals surface area contributed by atoms with Gasteiger partial charge in [-0.05, 0) is 49.6 Å². The summed E-state index contributed by atoms with van der Waals surface area (Å²) < 4.78 is 23.3. The van der Waals surface area contributed by atoms with Crippen LogP contribution in [0.2, 0.25) is 0 Å². The van der Waals surface area contributed by atoms with Gasteiger partial charge < -0.3 is 34.5 Å². The number of carbonyl (C=O) groups is 4. The third-order valence-electron chi connectivity index (χ3n) is 9.43. The first-order chi connectivity index (χ1) is 26.5. The molecule has 2 amide bonds. The van der Waals surface area contributed by atoms with E-state index in [-0.39, 0.29) is 35.5 Å². The highest BCUT2D eigenvalue weighted by Crippen LogP contribution is 2.38. The maximum atomic E-state index is 13.7. The van der Waals surface area contributed by atoms with Crippen molar-refractivity contribution in [2.24, 2.45) is 11.6 Å². The predicted octanol–water partition coefficient (Wildman–Crippen LogP) is 4.21. The average Bonchev–Trinajstić information content (AvgIpc) is 3.16. The van der Waals surface area contributed by atoms with Crippen LogP contribution in [0, 0.1) is 0 Å². The number of ketones is 1. The smallest absolute Gasteiger partial charge is 0.224 e. The second-order valence-corrected chi connectivity index (χ2v) is 14.6. The molecule has 304 valence electrons. The number of likely N-dealkylation sites (N-methyl/N-ethyl adjacent to an activating group) is 1. The normalized spacial score (nSPS) is 15.0. The molecule has 0 aliphatic heterocycles. The van der Waals surface area contributed by atoms with Gasteiger partial charge in [-0.2, -0.15) is 0 Å². The van der Waals surface area contributed by atoms with Crippen molar-refractivity contribution >= 4 is 56.6 Å². The Balaban J connectivity index is 1.22. The summed E-state index contributed by atoms with van der Waals surface area (Å²) in [6.45, 7) is 4.31. The molecule has 2 aromatic rings. The Hall–Kier alpha value is -3.36. The molecule has 1 aliphatic carbocycles. The van der Waals surface area contributed by atoms with Crippen LogP contribution < -0.4 is 11.6 Å². The molecule has 0 fully saturated rings. The van der Waals surface area contributed by atoms with Crippen molar-refractivity contribution in [1.29, 1.82) is 0 Å². The number of thiol groups is 1. The molecule has 0 spiro atoms. The minimum Gasteiger partial charge on any atom is -0.396 e. The van der Waals surface area contributed by atoms with Crippen LogP contribution in [0.15, 0.2) is 48.5 Å². The summed E-state index contributed by atoms with van der Waals surface area (Å²) >= 11 is 4.39. The standard InChI is InChI=1S/C40H60N5O8PS/c1-43(37(48)18-21-50-23-25-52-27-28-53-26-24-51-22-20-44(2)36(47)16-10-17-38(49)54)19-9-3-4-15-35(46)34-29-30-11-5-6-12-31(30)39(41)40(45(42)55)33-14-8-7-13-32(33)34/h5-8,11-14,34,55H,3-4,9-10,15-29,41-42,54H2,1-2H3/b40-39-. The van der Waals surface area contributed by atoms with Gasteiger partial charge in [-0.1, -0.05) is 64.2 Å². The van der Waals surface area contributed by atoms with Crippen LogP contribution in [0.4, 0.5) is 0 Å². The van der Waals surface area contributed by atoms with Crippen LogP contribution in [-0.4, -0.2) is 117 Å². The van der Waals surface area contributed by atoms with Crippen molar-refractivity contribution in [3.63, 3.8) is 0 Å². The highest BCUT2D eigenvalue weighted by molar-refractivity contribution is 7.78. The Morgan fingerprint density at radius 1 is 0.691 bits per heavy atom. The van der Waals surface area contributed by atoms with Crippen LogP contribution in [0.1, 0.15) is 79.5 Å². The quantitative estimate of drug-likeness (QED) is 0.0390. The Morgan fingerprint density at radius 3 is 1.91 bits per heavy atom. The molecule has 13 nitrogen and oxygen atoms in total. The molecule has 0 bridgehead atoms. The third kappa shape index (κ3) is 16.3. The van der Waals surface area contributed by atoms with E-state index in [2.05, 4.69) is 22.1 Å². The fraction of sp³-hybridized carbons (Fsp3) is 0.550. The topological polar surface area (TPSA) is 167 Å². The molecule has 4 N–H and O–H groups in total. The lowest BCUT2D eigenvalue weighted by molar-refractivity contribution is -0.131. The Labute approximate surface area is 334 Å². The Morgan fingerprint density at radius 2 is 1.25 bits per heavy atom. The molecule has 55 heavy (non-hydrogen) atoms. The summed E-state index contributed by atoms with van der Waals surface area (Å²) in [5.41, 5.74) is 11.3. The lowest BCUT2D eigenvalue weighted by atomic mass is 9.79. The van der Waals surface area contributed by atoms with Crippen LogP contribution in [0.5, 0.6) is 0 Å². The molecule has 0 aromatic heterocycles. The number of nitrogens with zero attached hydrogens (tertiary/aromatic N) is 3. The largest absolute Gasteiger partial charge is 0.396 e. The van der Waals surface area contributed by atoms with Gasteiger partial charge in [-0.3, -0.25) is 23.6 Å². The van der Waals surface area contributed by atoms with Crippen LogP contribution >= 0.6 is 22.1 Å². The molecule has 0 heterocycles. The van der Waals surface area contributed by atoms with E-state index in [0.717, 1.165) is 41.5 Å². The summed E-state index contributed by atoms with van der Waals surface area (Å²) in [6.07, 6.45) is 4.93. The van der Waals surface area contributed by atoms with E-state index in [1.807, 2.05) is 48.5 Å². The summed E-state index contributed by atoms with van der Waals surface area (Å²) in [4.78, 5) is 52.6. The molecule has 15 heteroatoms. The van der Waals surface area contributed by atoms with Gasteiger partial charge in [0.2, 0.25) is 11.8 Å². The van der Waals surface area contributed by atoms with Gasteiger partial charge in [0.25, 0.3) is 0 Å². The van der Waals surface area contributed by atoms with E-state index >= 15 is 0 Å². The number of amides is 2. The lowest BCUT2D eigenvalue weighted by Gasteiger charge is -2.28. The molecular formula is C40H60N5O8PS. The minimum absolute atomic E-state index is 0.000213. The molecule has 0 radical (unpaired) electrons. The van der Waals surface area contributed by atoms with Crippen molar-refractivity contribution in [2.45, 2.75) is 63.7 Å². The van der Waals surface area contributed by atoms with E-state index in [1.165, 1.54) is 4.41 Å². The van der Waals surface area contributed by atoms with Crippen molar-refractivity contribution in [3.05, 3.63) is 70.8 Å². The minimum atomic E-state index is -0.345. The number of hydrogen-bond donors (Lipinski definition) is 3. The van der Waals surface area contributed by atoms with E-state index in [9.17, 15) is 19.2 Å². The molecule has 0 saturated carbocycles. The molecule has 2 unspecified atom stereocenters. The monoisotopic (exact) mass is 801 g/mol. The van der Waals surface area contributed by atoms with Crippen molar-refractivity contribution in [3.8, 4) is 0 Å². The maximum Gasteiger partial charge on any atom is 0.224 e. The maximum absolute atomic E-state index is 13.7. The number of fused-ring (bicyclic) bond motifs is 2. The number of hydrogen-bond acceptors (Lipinski definition) is 12. The zero-order valence-electron chi connectivity index (χ0n) is 32.4. The molecule has 0 saturated heterocycles. The highest BCUT2D eigenvalue weighted by atomic mass is 32.1. The molecular weight excluding hydrogens is 742 g/mol. The number of benzene rings is 2. The second-order valence-electron chi connectivity index (χ2n) is 13.5. The summed E-state index contributed by atoms with van der Waals surface area (Å²) in [5, 5.41) is 0. The number of ether oxygens (including phenoxy) is 4. The van der Waals surface area contributed by atoms with Gasteiger partial charge in [-0.25, -0.2) is 5.84 Å². The van der Waals surface area contributed by atoms with E-state index in [1.54, 1.807) is 23.9 Å². The second kappa shape index (κ2) is 25.7. The molecule has 1 aliphatic rings. The predicted molar refractivity (Wildman–Crippen MR) is 221 cm³/mol. The zero-order chi connectivity index (χ0) is 40.0. The van der Waals surface area contributed by atoms with Gasteiger partial charge in [0.1, 0.15) is 11.3 Å². The number of carbonyl (C=O) groups excluding carboxylic acids is 4. The van der Waals surface area contributed by atoms with E-state index in [0.29, 0.717) is 109 Å². The van der Waals surface area contributed by atoms with Crippen LogP contribution in [0.3, 0.4) is 0 Å². The highest BCUT2D eigenvalue weighted by Gasteiger charge is 2.29. The SMILES string of the molecule is CN(CCCCCC(=O)C1Cc2ccccc2/C(N)=C(/N(N)S)c2ccccc21)C(=O)CCOCCOCCOCCOCCN(C)C(=O)CCCC(=O)P. The fourth-order valence-corrected chi connectivity index (χ4v) is 6.70. The third-order valence-corrected chi connectivity index (χ3v) is 9.91. The van der Waals surface area contributed by atoms with Crippen LogP contribution in [0.25, 0.3) is 11.4 Å². The fourth-order valence-electron chi connectivity index (χ4n) is 6.28. The van der Waals surface area contributed by atoms with E-state index in [4.69, 9.17) is 30.5 Å². The van der Waals surface area contributed by atoms with Crippen molar-refractivity contribution in [1.82, 2.24) is 14.2 Å². The van der Waals surface area contributed by atoms with Gasteiger partial charge in [0.05, 0.1) is 70.7 Å². The molecule has 2 atom stereocenters. The first kappa shape index (κ1) is 46.0. The summed E-state index contributed by atoms with van der Waals surface area (Å²) in [5.74, 6) is 5.98. The molecule has 3 rings (SSSR count).